The summed E-state index contributed by atoms with van der Waals surface area (Å²) in [6.45, 7) is 0.820. The number of carbonyl (C=O) groups is 3. The number of likely N-dealkylation sites (N-methyl/N-ethyl adjacent to an activating group) is 1. The Bertz CT molecular complexity index is 900. The number of carboxylic acids is 3. The Morgan fingerprint density at radius 1 is 1.03 bits per heavy atom. The average Bonchev–Trinajstić information content (AvgIpc) is 2.84. The first-order valence-corrected chi connectivity index (χ1v) is 11.3. The van der Waals surface area contributed by atoms with E-state index in [1.165, 1.54) is 0 Å². The highest BCUT2D eigenvalue weighted by Gasteiger charge is 2.20. The Morgan fingerprint density at radius 3 is 2.09 bits per heavy atom. The number of nitrogen functional groups attached to an aromatic ring is 1. The molecule has 0 radical (unpaired) electrons. The smallest absolute Gasteiger partial charge is 0.322 e. The molecule has 2 atom stereocenters. The molecule has 7 N–H and O–H groups in total. The van der Waals surface area contributed by atoms with Crippen LogP contribution in [0.1, 0.15) is 24.8 Å². The normalized spacial score (nSPS) is 15.5. The topological polar surface area (TPSA) is 165 Å². The van der Waals surface area contributed by atoms with Gasteiger partial charge in [0.15, 0.2) is 0 Å². The van der Waals surface area contributed by atoms with Crippen LogP contribution >= 0.6 is 0 Å². The molecule has 0 aliphatic carbocycles. The van der Waals surface area contributed by atoms with Crippen molar-refractivity contribution < 1.29 is 29.7 Å². The van der Waals surface area contributed by atoms with E-state index in [1.807, 2.05) is 42.5 Å². The SMILES string of the molecule is CN(C)[C@@H](Cc1ccc(N)cc1)C(=O)O.O=C(O)C1CCCCN1.O=C(O)CNc1ccccc1. The zero-order valence-electron chi connectivity index (χ0n) is 20.2. The molecule has 0 saturated carbocycles. The Kier molecular flexibility index (Phi) is 13.5. The zero-order chi connectivity index (χ0) is 26.2. The summed E-state index contributed by atoms with van der Waals surface area (Å²) in [6, 6.07) is 15.7. The first-order valence-electron chi connectivity index (χ1n) is 11.3. The molecule has 2 aromatic carbocycles. The van der Waals surface area contributed by atoms with Crippen LogP contribution in [0.5, 0.6) is 0 Å². The van der Waals surface area contributed by atoms with Crippen LogP contribution in [-0.4, -0.2) is 77.4 Å². The lowest BCUT2D eigenvalue weighted by Crippen LogP contribution is -2.40. The van der Waals surface area contributed by atoms with E-state index in [9.17, 15) is 14.4 Å². The second-order valence-electron chi connectivity index (χ2n) is 8.22. The predicted molar refractivity (Wildman–Crippen MR) is 136 cm³/mol. The van der Waals surface area contributed by atoms with Crippen molar-refractivity contribution in [2.45, 2.75) is 37.8 Å². The number of nitrogens with zero attached hydrogens (tertiary/aromatic N) is 1. The van der Waals surface area contributed by atoms with Gasteiger partial charge in [-0.2, -0.15) is 0 Å². The number of nitrogens with one attached hydrogen (secondary N) is 2. The molecule has 192 valence electrons. The van der Waals surface area contributed by atoms with Crippen LogP contribution in [0.2, 0.25) is 0 Å². The van der Waals surface area contributed by atoms with E-state index >= 15 is 0 Å². The number of benzene rings is 2. The summed E-state index contributed by atoms with van der Waals surface area (Å²) in [5.74, 6) is -2.37. The lowest BCUT2D eigenvalue weighted by molar-refractivity contribution is -0.142. The van der Waals surface area contributed by atoms with E-state index in [2.05, 4.69) is 10.6 Å². The van der Waals surface area contributed by atoms with Gasteiger partial charge in [-0.25, -0.2) is 0 Å². The number of hydrogen-bond acceptors (Lipinski definition) is 7. The highest BCUT2D eigenvalue weighted by atomic mass is 16.4. The predicted octanol–water partition coefficient (Wildman–Crippen LogP) is 2.22. The molecule has 1 fully saturated rings. The average molecular weight is 489 g/mol. The van der Waals surface area contributed by atoms with E-state index < -0.39 is 23.9 Å². The zero-order valence-corrected chi connectivity index (χ0v) is 20.2. The molecule has 2 aromatic rings. The third-order valence-electron chi connectivity index (χ3n) is 5.14. The summed E-state index contributed by atoms with van der Waals surface area (Å²) < 4.78 is 0. The largest absolute Gasteiger partial charge is 0.480 e. The fourth-order valence-electron chi connectivity index (χ4n) is 3.16. The van der Waals surface area contributed by atoms with Crippen molar-refractivity contribution in [1.82, 2.24) is 10.2 Å². The third kappa shape index (κ3) is 13.0. The Labute approximate surface area is 205 Å². The van der Waals surface area contributed by atoms with Gasteiger partial charge in [-0.05, 0) is 69.7 Å². The molecule has 35 heavy (non-hydrogen) atoms. The first kappa shape index (κ1) is 29.4. The number of anilines is 2. The minimum Gasteiger partial charge on any atom is -0.480 e. The maximum absolute atomic E-state index is 10.9. The second kappa shape index (κ2) is 16.1. The van der Waals surface area contributed by atoms with Crippen molar-refractivity contribution in [3.63, 3.8) is 0 Å². The second-order valence-corrected chi connectivity index (χ2v) is 8.22. The Morgan fingerprint density at radius 2 is 1.66 bits per heavy atom. The van der Waals surface area contributed by atoms with Gasteiger partial charge in [0.2, 0.25) is 0 Å². The number of nitrogens with two attached hydrogens (primary N) is 1. The fraction of sp³-hybridized carbons (Fsp3) is 0.400. The van der Waals surface area contributed by atoms with Crippen molar-refractivity contribution in [2.75, 3.05) is 38.2 Å². The molecule has 0 amide bonds. The third-order valence-corrected chi connectivity index (χ3v) is 5.14. The van der Waals surface area contributed by atoms with Gasteiger partial charge in [-0.1, -0.05) is 36.8 Å². The van der Waals surface area contributed by atoms with Gasteiger partial charge in [0.25, 0.3) is 0 Å². The molecule has 0 spiro atoms. The van der Waals surface area contributed by atoms with Gasteiger partial charge in [-0.15, -0.1) is 0 Å². The number of aliphatic carboxylic acids is 3. The summed E-state index contributed by atoms with van der Waals surface area (Å²) in [7, 11) is 3.52. The molecule has 1 aliphatic rings. The van der Waals surface area contributed by atoms with Gasteiger partial charge in [0.1, 0.15) is 18.6 Å². The minimum absolute atomic E-state index is 0.0377. The lowest BCUT2D eigenvalue weighted by atomic mass is 10.1. The van der Waals surface area contributed by atoms with Crippen LogP contribution in [0, 0.1) is 0 Å². The molecular formula is C25H36N4O6. The first-order chi connectivity index (χ1) is 16.6. The van der Waals surface area contributed by atoms with Crippen molar-refractivity contribution in [2.24, 2.45) is 0 Å². The van der Waals surface area contributed by atoms with Gasteiger partial charge in [0.05, 0.1) is 0 Å². The molecule has 3 rings (SSSR count). The molecule has 10 nitrogen and oxygen atoms in total. The van der Waals surface area contributed by atoms with E-state index in [-0.39, 0.29) is 12.6 Å². The van der Waals surface area contributed by atoms with Gasteiger partial charge in [-0.3, -0.25) is 19.3 Å². The van der Waals surface area contributed by atoms with Crippen LogP contribution in [0.15, 0.2) is 54.6 Å². The maximum atomic E-state index is 10.9. The summed E-state index contributed by atoms with van der Waals surface area (Å²) in [5, 5.41) is 31.4. The van der Waals surface area contributed by atoms with Crippen molar-refractivity contribution in [3.05, 3.63) is 60.2 Å². The molecule has 1 saturated heterocycles. The number of rotatable bonds is 8. The number of para-hydroxylation sites is 1. The van der Waals surface area contributed by atoms with E-state index in [4.69, 9.17) is 21.1 Å². The number of piperidine rings is 1. The van der Waals surface area contributed by atoms with Crippen LogP contribution in [0.25, 0.3) is 0 Å². The standard InChI is InChI=1S/C11H16N2O2.C8H9NO2.C6H11NO2/c1-13(2)10(11(14)15)7-8-3-5-9(12)6-4-8;10-8(11)6-9-7-4-2-1-3-5-7;8-6(9)5-3-1-2-4-7-5/h3-6,10H,7,12H2,1-2H3,(H,14,15);1-5,9H,6H2,(H,10,11);5,7H,1-4H2,(H,8,9)/t10-;;/m0../s1. The monoisotopic (exact) mass is 488 g/mol. The summed E-state index contributed by atoms with van der Waals surface area (Å²) in [5.41, 5.74) is 8.05. The van der Waals surface area contributed by atoms with Crippen LogP contribution in [0.3, 0.4) is 0 Å². The van der Waals surface area contributed by atoms with E-state index in [1.54, 1.807) is 31.1 Å². The van der Waals surface area contributed by atoms with E-state index in [0.717, 1.165) is 37.1 Å². The Balaban J connectivity index is 0.000000272. The maximum Gasteiger partial charge on any atom is 0.322 e. The van der Waals surface area contributed by atoms with Gasteiger partial charge < -0.3 is 31.7 Å². The van der Waals surface area contributed by atoms with Crippen molar-refractivity contribution >= 4 is 29.3 Å². The van der Waals surface area contributed by atoms with E-state index in [0.29, 0.717) is 12.1 Å². The van der Waals surface area contributed by atoms with Crippen molar-refractivity contribution in [3.8, 4) is 0 Å². The van der Waals surface area contributed by atoms with Crippen molar-refractivity contribution in [1.29, 1.82) is 0 Å². The highest BCUT2D eigenvalue weighted by molar-refractivity contribution is 5.74. The molecule has 1 aliphatic heterocycles. The quantitative estimate of drug-likeness (QED) is 0.303. The molecule has 0 aromatic heterocycles. The van der Waals surface area contributed by atoms with Crippen LogP contribution in [0.4, 0.5) is 11.4 Å². The van der Waals surface area contributed by atoms with Gasteiger partial charge >= 0.3 is 17.9 Å². The molecule has 0 bridgehead atoms. The molecule has 1 unspecified atom stereocenters. The number of hydrogen-bond donors (Lipinski definition) is 6. The summed E-state index contributed by atoms with van der Waals surface area (Å²) in [6.07, 6.45) is 3.44. The molecule has 1 heterocycles. The summed E-state index contributed by atoms with van der Waals surface area (Å²) in [4.78, 5) is 33.0. The molecular weight excluding hydrogens is 452 g/mol. The lowest BCUT2D eigenvalue weighted by Gasteiger charge is -2.19. The van der Waals surface area contributed by atoms with Gasteiger partial charge in [0, 0.05) is 11.4 Å². The van der Waals surface area contributed by atoms with Crippen LogP contribution in [-0.2, 0) is 20.8 Å². The highest BCUT2D eigenvalue weighted by Crippen LogP contribution is 2.10. The fourth-order valence-corrected chi connectivity index (χ4v) is 3.16. The number of carboxylic acid groups (broad SMARTS) is 3. The summed E-state index contributed by atoms with van der Waals surface area (Å²) >= 11 is 0. The Hall–Kier alpha value is -3.63. The van der Waals surface area contributed by atoms with Crippen LogP contribution < -0.4 is 16.4 Å². The molecule has 10 heteroatoms. The minimum atomic E-state index is -0.853.